The van der Waals surface area contributed by atoms with Crippen LogP contribution in [0.2, 0.25) is 0 Å². The first kappa shape index (κ1) is 11.0. The van der Waals surface area contributed by atoms with Crippen molar-refractivity contribution >= 4 is 34.2 Å². The standard InChI is InChI=1S/C8H16ClI/c1-4-7(9)5-8(10)6(2)3/h6-8H,4-5H2,1-3H3. The van der Waals surface area contributed by atoms with E-state index < -0.39 is 0 Å². The summed E-state index contributed by atoms with van der Waals surface area (Å²) in [7, 11) is 0. The van der Waals surface area contributed by atoms with E-state index in [1.165, 1.54) is 0 Å². The molecule has 0 aromatic carbocycles. The minimum atomic E-state index is 0.379. The zero-order chi connectivity index (χ0) is 8.15. The second-order valence-electron chi connectivity index (χ2n) is 3.00. The van der Waals surface area contributed by atoms with Gasteiger partial charge in [0.1, 0.15) is 0 Å². The zero-order valence-corrected chi connectivity index (χ0v) is 9.82. The Labute approximate surface area is 82.9 Å². The van der Waals surface area contributed by atoms with Crippen LogP contribution in [-0.4, -0.2) is 9.30 Å². The molecule has 0 rings (SSSR count). The first-order valence-electron chi connectivity index (χ1n) is 3.86. The molecule has 0 aliphatic carbocycles. The molecule has 2 atom stereocenters. The van der Waals surface area contributed by atoms with E-state index >= 15 is 0 Å². The monoisotopic (exact) mass is 274 g/mol. The van der Waals surface area contributed by atoms with Crippen molar-refractivity contribution in [1.82, 2.24) is 0 Å². The van der Waals surface area contributed by atoms with E-state index in [-0.39, 0.29) is 0 Å². The van der Waals surface area contributed by atoms with Crippen LogP contribution in [0.3, 0.4) is 0 Å². The highest BCUT2D eigenvalue weighted by Gasteiger charge is 2.12. The lowest BCUT2D eigenvalue weighted by Gasteiger charge is -2.15. The summed E-state index contributed by atoms with van der Waals surface area (Å²) >= 11 is 8.49. The number of hydrogen-bond donors (Lipinski definition) is 0. The first-order chi connectivity index (χ1) is 4.57. The average Bonchev–Trinajstić information content (AvgIpc) is 1.87. The molecule has 0 bridgehead atoms. The second kappa shape index (κ2) is 5.64. The van der Waals surface area contributed by atoms with Gasteiger partial charge >= 0.3 is 0 Å². The number of alkyl halides is 2. The van der Waals surface area contributed by atoms with Crippen LogP contribution in [0.4, 0.5) is 0 Å². The molecule has 0 amide bonds. The molecule has 0 spiro atoms. The van der Waals surface area contributed by atoms with Gasteiger partial charge in [-0.25, -0.2) is 0 Å². The van der Waals surface area contributed by atoms with Crippen molar-refractivity contribution in [2.24, 2.45) is 5.92 Å². The summed E-state index contributed by atoms with van der Waals surface area (Å²) in [6.45, 7) is 6.63. The summed E-state index contributed by atoms with van der Waals surface area (Å²) in [4.78, 5) is 0. The predicted octanol–water partition coefficient (Wildman–Crippen LogP) is 3.85. The molecule has 0 aromatic heterocycles. The van der Waals surface area contributed by atoms with Crippen molar-refractivity contribution in [3.8, 4) is 0 Å². The van der Waals surface area contributed by atoms with Crippen LogP contribution in [0.1, 0.15) is 33.6 Å². The quantitative estimate of drug-likeness (QED) is 0.539. The molecule has 0 aliphatic rings. The van der Waals surface area contributed by atoms with Crippen molar-refractivity contribution in [3.05, 3.63) is 0 Å². The SMILES string of the molecule is CCC(Cl)CC(I)C(C)C. The molecule has 0 nitrogen and oxygen atoms in total. The molecule has 0 N–H and O–H groups in total. The topological polar surface area (TPSA) is 0 Å². The van der Waals surface area contributed by atoms with Crippen molar-refractivity contribution < 1.29 is 0 Å². The largest absolute Gasteiger partial charge is 0.123 e. The molecular formula is C8H16ClI. The lowest BCUT2D eigenvalue weighted by molar-refractivity contribution is 0.572. The van der Waals surface area contributed by atoms with Gasteiger partial charge in [0.15, 0.2) is 0 Å². The maximum atomic E-state index is 6.00. The van der Waals surface area contributed by atoms with E-state index in [9.17, 15) is 0 Å². The first-order valence-corrected chi connectivity index (χ1v) is 5.54. The smallest absolute Gasteiger partial charge is 0.0343 e. The molecule has 0 aromatic rings. The van der Waals surface area contributed by atoms with Crippen LogP contribution in [0, 0.1) is 5.92 Å². The third kappa shape index (κ3) is 4.78. The minimum Gasteiger partial charge on any atom is -0.123 e. The Hall–Kier alpha value is 1.02. The maximum Gasteiger partial charge on any atom is 0.0343 e. The van der Waals surface area contributed by atoms with Gasteiger partial charge in [0.2, 0.25) is 0 Å². The Morgan fingerprint density at radius 2 is 1.90 bits per heavy atom. The highest BCUT2D eigenvalue weighted by atomic mass is 127. The molecular weight excluding hydrogens is 258 g/mol. The third-order valence-corrected chi connectivity index (χ3v) is 4.08. The van der Waals surface area contributed by atoms with Gasteiger partial charge in [-0.15, -0.1) is 11.6 Å². The summed E-state index contributed by atoms with van der Waals surface area (Å²) in [5.74, 6) is 0.758. The maximum absolute atomic E-state index is 6.00. The zero-order valence-electron chi connectivity index (χ0n) is 6.90. The van der Waals surface area contributed by atoms with Gasteiger partial charge in [-0.1, -0.05) is 43.4 Å². The summed E-state index contributed by atoms with van der Waals surface area (Å²) in [6, 6.07) is 0. The van der Waals surface area contributed by atoms with Crippen molar-refractivity contribution in [2.45, 2.75) is 42.9 Å². The number of rotatable bonds is 4. The molecule has 0 aliphatic heterocycles. The number of hydrogen-bond acceptors (Lipinski definition) is 0. The Balaban J connectivity index is 3.46. The molecule has 0 radical (unpaired) electrons. The number of halogens is 2. The Kier molecular flexibility index (Phi) is 6.22. The van der Waals surface area contributed by atoms with Crippen LogP contribution in [0.5, 0.6) is 0 Å². The van der Waals surface area contributed by atoms with Crippen LogP contribution in [0.15, 0.2) is 0 Å². The minimum absolute atomic E-state index is 0.379. The molecule has 2 unspecified atom stereocenters. The van der Waals surface area contributed by atoms with Crippen LogP contribution < -0.4 is 0 Å². The van der Waals surface area contributed by atoms with E-state index in [4.69, 9.17) is 11.6 Å². The summed E-state index contributed by atoms with van der Waals surface area (Å²) in [6.07, 6.45) is 2.24. The Bertz CT molecular complexity index is 83.3. The van der Waals surface area contributed by atoms with E-state index in [1.807, 2.05) is 0 Å². The average molecular weight is 275 g/mol. The van der Waals surface area contributed by atoms with E-state index in [2.05, 4.69) is 43.4 Å². The molecule has 0 saturated carbocycles. The molecule has 0 heterocycles. The molecule has 2 heteroatoms. The summed E-state index contributed by atoms with van der Waals surface area (Å²) in [5.41, 5.74) is 0. The molecule has 0 fully saturated rings. The Morgan fingerprint density at radius 3 is 2.20 bits per heavy atom. The van der Waals surface area contributed by atoms with E-state index in [0.29, 0.717) is 5.38 Å². The lowest BCUT2D eigenvalue weighted by atomic mass is 10.1. The fraction of sp³-hybridized carbons (Fsp3) is 1.00. The normalized spacial score (nSPS) is 17.4. The summed E-state index contributed by atoms with van der Waals surface area (Å²) in [5, 5.41) is 0.379. The highest BCUT2D eigenvalue weighted by Crippen LogP contribution is 2.21. The fourth-order valence-electron chi connectivity index (χ4n) is 0.683. The van der Waals surface area contributed by atoms with Gasteiger partial charge in [0, 0.05) is 9.30 Å². The van der Waals surface area contributed by atoms with Gasteiger partial charge in [-0.05, 0) is 18.8 Å². The van der Waals surface area contributed by atoms with Gasteiger partial charge in [-0.2, -0.15) is 0 Å². The third-order valence-electron chi connectivity index (χ3n) is 1.65. The van der Waals surface area contributed by atoms with Crippen LogP contribution >= 0.6 is 34.2 Å². The van der Waals surface area contributed by atoms with Gasteiger partial charge < -0.3 is 0 Å². The van der Waals surface area contributed by atoms with E-state index in [1.54, 1.807) is 0 Å². The van der Waals surface area contributed by atoms with Crippen molar-refractivity contribution in [2.75, 3.05) is 0 Å². The van der Waals surface area contributed by atoms with E-state index in [0.717, 1.165) is 22.7 Å². The highest BCUT2D eigenvalue weighted by molar-refractivity contribution is 14.1. The van der Waals surface area contributed by atoms with Crippen molar-refractivity contribution in [3.63, 3.8) is 0 Å². The Morgan fingerprint density at radius 1 is 1.40 bits per heavy atom. The van der Waals surface area contributed by atoms with Gasteiger partial charge in [0.25, 0.3) is 0 Å². The van der Waals surface area contributed by atoms with Crippen LogP contribution in [0.25, 0.3) is 0 Å². The molecule has 62 valence electrons. The van der Waals surface area contributed by atoms with Gasteiger partial charge in [0.05, 0.1) is 0 Å². The lowest BCUT2D eigenvalue weighted by Crippen LogP contribution is -2.12. The second-order valence-corrected chi connectivity index (χ2v) is 5.22. The molecule has 10 heavy (non-hydrogen) atoms. The fourth-order valence-corrected chi connectivity index (χ4v) is 1.79. The van der Waals surface area contributed by atoms with Crippen LogP contribution in [-0.2, 0) is 0 Å². The predicted molar refractivity (Wildman–Crippen MR) is 57.2 cm³/mol. The molecule has 0 saturated heterocycles. The van der Waals surface area contributed by atoms with Crippen molar-refractivity contribution in [1.29, 1.82) is 0 Å². The summed E-state index contributed by atoms with van der Waals surface area (Å²) < 4.78 is 0.736. The van der Waals surface area contributed by atoms with Gasteiger partial charge in [-0.3, -0.25) is 0 Å².